The van der Waals surface area contributed by atoms with Gasteiger partial charge in [-0.3, -0.25) is 4.79 Å². The van der Waals surface area contributed by atoms with Crippen LogP contribution in [0.25, 0.3) is 0 Å². The Balaban J connectivity index is 1.72. The third-order valence-corrected chi connectivity index (χ3v) is 4.24. The Morgan fingerprint density at radius 2 is 1.81 bits per heavy atom. The summed E-state index contributed by atoms with van der Waals surface area (Å²) in [4.78, 5) is 12.3. The molecule has 0 N–H and O–H groups in total. The second-order valence-electron chi connectivity index (χ2n) is 5.78. The molecule has 0 radical (unpaired) electrons. The molecule has 2 aliphatic rings. The van der Waals surface area contributed by atoms with E-state index in [1.165, 1.54) is 30.5 Å². The van der Waals surface area contributed by atoms with Gasteiger partial charge in [0.05, 0.1) is 12.0 Å². The van der Waals surface area contributed by atoms with E-state index in [2.05, 4.69) is 6.07 Å². The van der Waals surface area contributed by atoms with Crippen LogP contribution in [0.5, 0.6) is 5.75 Å². The lowest BCUT2D eigenvalue weighted by Gasteiger charge is -2.27. The number of hydrogen-bond donors (Lipinski definition) is 0. The standard InChI is InChI=1S/C18H15FO2/c19-12-7-8-17-15(9-12)16(20)10-18(21-17)14-4-2-1-3-13(14)11-5-6-11/h1-4,7-9,11,18H,5-6,10H2. The molecule has 2 aromatic rings. The van der Waals surface area contributed by atoms with E-state index in [-0.39, 0.29) is 18.3 Å². The van der Waals surface area contributed by atoms with Gasteiger partial charge in [0.25, 0.3) is 0 Å². The molecular weight excluding hydrogens is 267 g/mol. The smallest absolute Gasteiger partial charge is 0.170 e. The van der Waals surface area contributed by atoms with Crippen molar-refractivity contribution in [2.45, 2.75) is 31.3 Å². The summed E-state index contributed by atoms with van der Waals surface area (Å²) < 4.78 is 19.2. The second kappa shape index (κ2) is 4.69. The minimum absolute atomic E-state index is 0.0497. The average Bonchev–Trinajstić information content (AvgIpc) is 3.32. The number of rotatable bonds is 2. The zero-order valence-corrected chi connectivity index (χ0v) is 11.5. The van der Waals surface area contributed by atoms with Crippen LogP contribution in [0, 0.1) is 5.82 Å². The van der Waals surface area contributed by atoms with Crippen molar-refractivity contribution in [3.05, 3.63) is 65.0 Å². The number of Topliss-reactive ketones (excluding diaryl/α,β-unsaturated/α-hetero) is 1. The van der Waals surface area contributed by atoms with Gasteiger partial charge in [-0.25, -0.2) is 4.39 Å². The van der Waals surface area contributed by atoms with E-state index in [1.54, 1.807) is 6.07 Å². The molecule has 1 aliphatic carbocycles. The normalized spacial score (nSPS) is 20.8. The summed E-state index contributed by atoms with van der Waals surface area (Å²) in [6.45, 7) is 0. The molecule has 21 heavy (non-hydrogen) atoms. The van der Waals surface area contributed by atoms with Gasteiger partial charge in [0.2, 0.25) is 0 Å². The van der Waals surface area contributed by atoms with E-state index < -0.39 is 5.82 Å². The number of carbonyl (C=O) groups is 1. The van der Waals surface area contributed by atoms with Crippen LogP contribution < -0.4 is 4.74 Å². The molecule has 2 aromatic carbocycles. The fourth-order valence-corrected chi connectivity index (χ4v) is 3.04. The van der Waals surface area contributed by atoms with Gasteiger partial charge in [-0.2, -0.15) is 0 Å². The van der Waals surface area contributed by atoms with Crippen LogP contribution in [-0.2, 0) is 0 Å². The first-order valence-electron chi connectivity index (χ1n) is 7.30. The van der Waals surface area contributed by atoms with E-state index in [0.29, 0.717) is 17.2 Å². The molecule has 1 saturated carbocycles. The fraction of sp³-hybridized carbons (Fsp3) is 0.278. The highest BCUT2D eigenvalue weighted by molar-refractivity contribution is 6.00. The molecule has 1 aliphatic heterocycles. The Hall–Kier alpha value is -2.16. The van der Waals surface area contributed by atoms with Crippen molar-refractivity contribution in [1.82, 2.24) is 0 Å². The molecule has 1 unspecified atom stereocenters. The first-order chi connectivity index (χ1) is 10.2. The second-order valence-corrected chi connectivity index (χ2v) is 5.78. The molecule has 1 heterocycles. The minimum atomic E-state index is -0.400. The number of halogens is 1. The van der Waals surface area contributed by atoms with Crippen LogP contribution in [0.2, 0.25) is 0 Å². The first kappa shape index (κ1) is 12.6. The van der Waals surface area contributed by atoms with Gasteiger partial charge in [0.15, 0.2) is 5.78 Å². The minimum Gasteiger partial charge on any atom is -0.484 e. The van der Waals surface area contributed by atoms with Gasteiger partial charge in [-0.05, 0) is 48.1 Å². The zero-order valence-electron chi connectivity index (χ0n) is 11.5. The van der Waals surface area contributed by atoms with Crippen molar-refractivity contribution in [2.75, 3.05) is 0 Å². The summed E-state index contributed by atoms with van der Waals surface area (Å²) in [5.41, 5.74) is 2.75. The van der Waals surface area contributed by atoms with Crippen LogP contribution in [0.1, 0.15) is 52.8 Å². The lowest BCUT2D eigenvalue weighted by molar-refractivity contribution is 0.0848. The predicted octanol–water partition coefficient (Wildman–Crippen LogP) is 4.41. The van der Waals surface area contributed by atoms with Crippen molar-refractivity contribution >= 4 is 5.78 Å². The largest absolute Gasteiger partial charge is 0.484 e. The molecule has 0 bridgehead atoms. The van der Waals surface area contributed by atoms with Crippen molar-refractivity contribution in [2.24, 2.45) is 0 Å². The van der Waals surface area contributed by atoms with Crippen molar-refractivity contribution in [1.29, 1.82) is 0 Å². The monoisotopic (exact) mass is 282 g/mol. The van der Waals surface area contributed by atoms with Crippen LogP contribution in [-0.4, -0.2) is 5.78 Å². The summed E-state index contributed by atoms with van der Waals surface area (Å²) in [6, 6.07) is 12.3. The van der Waals surface area contributed by atoms with Gasteiger partial charge in [0, 0.05) is 0 Å². The molecule has 3 heteroatoms. The van der Waals surface area contributed by atoms with Crippen LogP contribution in [0.4, 0.5) is 4.39 Å². The Bertz CT molecular complexity index is 719. The maximum absolute atomic E-state index is 13.3. The highest BCUT2D eigenvalue weighted by Gasteiger charge is 2.33. The van der Waals surface area contributed by atoms with Gasteiger partial charge in [-0.1, -0.05) is 24.3 Å². The molecule has 0 saturated heterocycles. The Morgan fingerprint density at radius 1 is 1.05 bits per heavy atom. The number of hydrogen-bond acceptors (Lipinski definition) is 2. The number of ketones is 1. The Morgan fingerprint density at radius 3 is 2.57 bits per heavy atom. The predicted molar refractivity (Wildman–Crippen MR) is 77.1 cm³/mol. The molecular formula is C18H15FO2. The lowest BCUT2D eigenvalue weighted by Crippen LogP contribution is -2.21. The van der Waals surface area contributed by atoms with E-state index >= 15 is 0 Å². The lowest BCUT2D eigenvalue weighted by atomic mass is 9.92. The molecule has 0 aromatic heterocycles. The Labute approximate surface area is 122 Å². The third kappa shape index (κ3) is 2.23. The SMILES string of the molecule is O=C1CC(c2ccccc2C2CC2)Oc2ccc(F)cc21. The van der Waals surface area contributed by atoms with Crippen LogP contribution >= 0.6 is 0 Å². The van der Waals surface area contributed by atoms with Crippen molar-refractivity contribution in [3.63, 3.8) is 0 Å². The maximum atomic E-state index is 13.3. The summed E-state index contributed by atoms with van der Waals surface area (Å²) in [5.74, 6) is 0.645. The highest BCUT2D eigenvalue weighted by atomic mass is 19.1. The molecule has 106 valence electrons. The zero-order chi connectivity index (χ0) is 14.4. The summed E-state index contributed by atoms with van der Waals surface area (Å²) in [7, 11) is 0. The summed E-state index contributed by atoms with van der Waals surface area (Å²) in [5, 5.41) is 0. The molecule has 0 spiro atoms. The molecule has 1 fully saturated rings. The molecule has 1 atom stereocenters. The highest BCUT2D eigenvalue weighted by Crippen LogP contribution is 2.45. The van der Waals surface area contributed by atoms with Gasteiger partial charge in [-0.15, -0.1) is 0 Å². The number of benzene rings is 2. The quantitative estimate of drug-likeness (QED) is 0.815. The maximum Gasteiger partial charge on any atom is 0.170 e. The van der Waals surface area contributed by atoms with Gasteiger partial charge in [0.1, 0.15) is 17.7 Å². The van der Waals surface area contributed by atoms with E-state index in [0.717, 1.165) is 5.56 Å². The fourth-order valence-electron chi connectivity index (χ4n) is 3.04. The Kier molecular flexibility index (Phi) is 2.81. The number of ether oxygens (including phenoxy) is 1. The molecule has 0 amide bonds. The number of carbonyl (C=O) groups excluding carboxylic acids is 1. The molecule has 4 rings (SSSR count). The summed E-state index contributed by atoms with van der Waals surface area (Å²) >= 11 is 0. The van der Waals surface area contributed by atoms with E-state index in [4.69, 9.17) is 4.74 Å². The third-order valence-electron chi connectivity index (χ3n) is 4.24. The van der Waals surface area contributed by atoms with Gasteiger partial charge < -0.3 is 4.74 Å². The molecule has 2 nitrogen and oxygen atoms in total. The van der Waals surface area contributed by atoms with Crippen molar-refractivity contribution in [3.8, 4) is 5.75 Å². The van der Waals surface area contributed by atoms with Crippen LogP contribution in [0.3, 0.4) is 0 Å². The van der Waals surface area contributed by atoms with Gasteiger partial charge >= 0.3 is 0 Å². The topological polar surface area (TPSA) is 26.3 Å². The first-order valence-corrected chi connectivity index (χ1v) is 7.30. The van der Waals surface area contributed by atoms with E-state index in [9.17, 15) is 9.18 Å². The average molecular weight is 282 g/mol. The van der Waals surface area contributed by atoms with Crippen LogP contribution in [0.15, 0.2) is 42.5 Å². The van der Waals surface area contributed by atoms with Crippen molar-refractivity contribution < 1.29 is 13.9 Å². The summed E-state index contributed by atoms with van der Waals surface area (Å²) in [6.07, 6.45) is 2.44. The van der Waals surface area contributed by atoms with E-state index in [1.807, 2.05) is 18.2 Å². The number of fused-ring (bicyclic) bond motifs is 1.